The van der Waals surface area contributed by atoms with Crippen molar-refractivity contribution in [2.45, 2.75) is 56.0 Å². The molecule has 0 amide bonds. The Morgan fingerprint density at radius 2 is 1.70 bits per heavy atom. The lowest BCUT2D eigenvalue weighted by Gasteiger charge is -2.41. The van der Waals surface area contributed by atoms with Crippen molar-refractivity contribution in [3.63, 3.8) is 0 Å². The molecule has 160 valence electrons. The van der Waals surface area contributed by atoms with Gasteiger partial charge in [-0.15, -0.1) is 12.4 Å². The second-order valence-corrected chi connectivity index (χ2v) is 8.41. The number of fused-ring (bicyclic) bond motifs is 1. The first-order valence-corrected chi connectivity index (χ1v) is 10.6. The second-order valence-electron chi connectivity index (χ2n) is 8.41. The van der Waals surface area contributed by atoms with Crippen molar-refractivity contribution in [2.75, 3.05) is 21.3 Å². The van der Waals surface area contributed by atoms with Crippen LogP contribution in [0.25, 0.3) is 0 Å². The van der Waals surface area contributed by atoms with Crippen molar-refractivity contribution < 1.29 is 9.47 Å². The number of halogens is 1. The molecule has 0 saturated heterocycles. The van der Waals surface area contributed by atoms with E-state index >= 15 is 0 Å². The van der Waals surface area contributed by atoms with Gasteiger partial charge >= 0.3 is 0 Å². The Labute approximate surface area is 186 Å². The average molecular weight is 427 g/mol. The molecule has 4 rings (SSSR count). The summed E-state index contributed by atoms with van der Waals surface area (Å²) in [4.78, 5) is 2.57. The van der Waals surface area contributed by atoms with Crippen LogP contribution >= 0.6 is 12.4 Å². The van der Waals surface area contributed by atoms with Crippen LogP contribution in [0, 0.1) is 11.3 Å². The van der Waals surface area contributed by atoms with Crippen LogP contribution in [0.4, 0.5) is 0 Å². The molecule has 0 N–H and O–H groups in total. The molecule has 2 aliphatic carbocycles. The van der Waals surface area contributed by atoms with E-state index in [2.05, 4.69) is 42.3 Å². The predicted molar refractivity (Wildman–Crippen MR) is 122 cm³/mol. The van der Waals surface area contributed by atoms with Gasteiger partial charge in [0.1, 0.15) is 0 Å². The Kier molecular flexibility index (Phi) is 6.95. The van der Waals surface area contributed by atoms with E-state index in [0.29, 0.717) is 23.6 Å². The van der Waals surface area contributed by atoms with Gasteiger partial charge in [0, 0.05) is 12.1 Å². The lowest BCUT2D eigenvalue weighted by atomic mass is 9.69. The molecule has 2 aromatic rings. The van der Waals surface area contributed by atoms with Gasteiger partial charge in [-0.05, 0) is 74.4 Å². The fraction of sp³-hybridized carbons (Fsp3) is 0.480. The second kappa shape index (κ2) is 9.29. The number of rotatable bonds is 5. The third kappa shape index (κ3) is 3.89. The molecule has 0 aromatic heterocycles. The molecule has 5 heteroatoms. The normalized spacial score (nSPS) is 25.2. The lowest BCUT2D eigenvalue weighted by Crippen LogP contribution is -2.41. The van der Waals surface area contributed by atoms with E-state index in [9.17, 15) is 5.26 Å². The van der Waals surface area contributed by atoms with Crippen molar-refractivity contribution in [1.29, 1.82) is 5.26 Å². The third-order valence-electron chi connectivity index (χ3n) is 7.13. The summed E-state index contributed by atoms with van der Waals surface area (Å²) in [5.41, 5.74) is 3.60. The van der Waals surface area contributed by atoms with E-state index in [1.54, 1.807) is 14.2 Å². The summed E-state index contributed by atoms with van der Waals surface area (Å²) in [6, 6.07) is 18.5. The molecule has 1 unspecified atom stereocenters. The van der Waals surface area contributed by atoms with Gasteiger partial charge in [-0.3, -0.25) is 4.90 Å². The highest BCUT2D eigenvalue weighted by molar-refractivity contribution is 5.85. The van der Waals surface area contributed by atoms with Crippen molar-refractivity contribution in [3.05, 3.63) is 59.2 Å². The maximum Gasteiger partial charge on any atom is 0.161 e. The summed E-state index contributed by atoms with van der Waals surface area (Å²) < 4.78 is 10.8. The van der Waals surface area contributed by atoms with Gasteiger partial charge in [-0.25, -0.2) is 0 Å². The maximum absolute atomic E-state index is 10.1. The molecule has 0 aliphatic heterocycles. The number of hydrogen-bond donors (Lipinski definition) is 0. The van der Waals surface area contributed by atoms with Crippen molar-refractivity contribution in [1.82, 2.24) is 4.90 Å². The van der Waals surface area contributed by atoms with Gasteiger partial charge in [-0.1, -0.05) is 30.3 Å². The highest BCUT2D eigenvalue weighted by Crippen LogP contribution is 2.45. The monoisotopic (exact) mass is 426 g/mol. The SMILES string of the molecule is COc1ccc(C2(C#N)CCC(N(C)C3CCc4ccccc43)CC2)cc1OC.Cl. The quantitative estimate of drug-likeness (QED) is 0.637. The minimum Gasteiger partial charge on any atom is -0.493 e. The van der Waals surface area contributed by atoms with Gasteiger partial charge in [0.05, 0.1) is 25.7 Å². The molecule has 2 aliphatic rings. The van der Waals surface area contributed by atoms with Gasteiger partial charge in [0.15, 0.2) is 11.5 Å². The molecule has 0 heterocycles. The Hall–Kier alpha value is -2.22. The van der Waals surface area contributed by atoms with E-state index in [0.717, 1.165) is 31.2 Å². The zero-order valence-electron chi connectivity index (χ0n) is 18.1. The summed E-state index contributed by atoms with van der Waals surface area (Å²) >= 11 is 0. The van der Waals surface area contributed by atoms with Gasteiger partial charge in [0.25, 0.3) is 0 Å². The van der Waals surface area contributed by atoms with Crippen molar-refractivity contribution in [3.8, 4) is 17.6 Å². The molecular formula is C25H31ClN2O2. The van der Waals surface area contributed by atoms with Crippen LogP contribution in [0.15, 0.2) is 42.5 Å². The van der Waals surface area contributed by atoms with E-state index in [4.69, 9.17) is 9.47 Å². The van der Waals surface area contributed by atoms with Crippen LogP contribution in [0.5, 0.6) is 11.5 Å². The van der Waals surface area contributed by atoms with E-state index in [1.165, 1.54) is 24.0 Å². The first kappa shape index (κ1) is 22.5. The first-order chi connectivity index (χ1) is 14.1. The first-order valence-electron chi connectivity index (χ1n) is 10.6. The topological polar surface area (TPSA) is 45.5 Å². The maximum atomic E-state index is 10.1. The van der Waals surface area contributed by atoms with Gasteiger partial charge in [0.2, 0.25) is 0 Å². The molecular weight excluding hydrogens is 396 g/mol. The van der Waals surface area contributed by atoms with Crippen LogP contribution in [-0.4, -0.2) is 32.2 Å². The smallest absolute Gasteiger partial charge is 0.161 e. The number of aryl methyl sites for hydroxylation is 1. The molecule has 0 bridgehead atoms. The van der Waals surface area contributed by atoms with Crippen molar-refractivity contribution >= 4 is 12.4 Å². The fourth-order valence-corrected chi connectivity index (χ4v) is 5.31. The summed E-state index contributed by atoms with van der Waals surface area (Å²) in [5, 5.41) is 10.1. The fourth-order valence-electron chi connectivity index (χ4n) is 5.31. The highest BCUT2D eigenvalue weighted by Gasteiger charge is 2.40. The molecule has 1 fully saturated rings. The molecule has 0 spiro atoms. The van der Waals surface area contributed by atoms with Gasteiger partial charge in [-0.2, -0.15) is 5.26 Å². The molecule has 0 radical (unpaired) electrons. The number of nitrogens with zero attached hydrogens (tertiary/aromatic N) is 2. The minimum atomic E-state index is -0.440. The molecule has 1 atom stereocenters. The third-order valence-corrected chi connectivity index (χ3v) is 7.13. The summed E-state index contributed by atoms with van der Waals surface area (Å²) in [5.74, 6) is 1.40. The minimum absolute atomic E-state index is 0. The van der Waals surface area contributed by atoms with Crippen LogP contribution in [0.2, 0.25) is 0 Å². The number of ether oxygens (including phenoxy) is 2. The van der Waals surface area contributed by atoms with E-state index in [-0.39, 0.29) is 12.4 Å². The predicted octanol–water partition coefficient (Wildman–Crippen LogP) is 5.45. The van der Waals surface area contributed by atoms with Crippen LogP contribution < -0.4 is 9.47 Å². The van der Waals surface area contributed by atoms with Crippen molar-refractivity contribution in [2.24, 2.45) is 0 Å². The van der Waals surface area contributed by atoms with E-state index in [1.807, 2.05) is 18.2 Å². The van der Waals surface area contributed by atoms with Gasteiger partial charge < -0.3 is 9.47 Å². The van der Waals surface area contributed by atoms with Crippen LogP contribution in [-0.2, 0) is 11.8 Å². The lowest BCUT2D eigenvalue weighted by molar-refractivity contribution is 0.120. The summed E-state index contributed by atoms with van der Waals surface area (Å²) in [7, 11) is 5.55. The molecule has 2 aromatic carbocycles. The Morgan fingerprint density at radius 3 is 2.37 bits per heavy atom. The summed E-state index contributed by atoms with van der Waals surface area (Å²) in [6.07, 6.45) is 6.20. The average Bonchev–Trinajstić information content (AvgIpc) is 3.22. The number of nitriles is 1. The Balaban J connectivity index is 0.00000256. The number of methoxy groups -OCH3 is 2. The largest absolute Gasteiger partial charge is 0.493 e. The Bertz CT molecular complexity index is 916. The molecule has 1 saturated carbocycles. The van der Waals surface area contributed by atoms with Crippen LogP contribution in [0.3, 0.4) is 0 Å². The standard InChI is InChI=1S/C25H30N2O2.ClH/c1-27(22-10-8-18-6-4-5-7-21(18)22)20-12-14-25(17-26,15-13-20)19-9-11-23(28-2)24(16-19)29-3;/h4-7,9,11,16,20,22H,8,10,12-15H2,1-3H3;1H. The summed E-state index contributed by atoms with van der Waals surface area (Å²) in [6.45, 7) is 0. The Morgan fingerprint density at radius 1 is 1.00 bits per heavy atom. The molecule has 4 nitrogen and oxygen atoms in total. The van der Waals surface area contributed by atoms with E-state index < -0.39 is 5.41 Å². The number of hydrogen-bond acceptors (Lipinski definition) is 4. The zero-order chi connectivity index (χ0) is 20.4. The van der Waals surface area contributed by atoms with Crippen LogP contribution in [0.1, 0.15) is 54.8 Å². The highest BCUT2D eigenvalue weighted by atomic mass is 35.5. The molecule has 30 heavy (non-hydrogen) atoms. The zero-order valence-corrected chi connectivity index (χ0v) is 18.9. The number of benzene rings is 2.